The number of hydrogen-bond acceptors (Lipinski definition) is 3. The van der Waals surface area contributed by atoms with Gasteiger partial charge in [-0.15, -0.1) is 0 Å². The molecule has 3 N–H and O–H groups in total. The molecule has 0 spiro atoms. The predicted molar refractivity (Wildman–Crippen MR) is 78.2 cm³/mol. The van der Waals surface area contributed by atoms with E-state index in [9.17, 15) is 4.79 Å². The van der Waals surface area contributed by atoms with Gasteiger partial charge in [0.25, 0.3) is 0 Å². The number of nitrogens with two attached hydrogens (primary N) is 1. The van der Waals surface area contributed by atoms with Crippen LogP contribution >= 0.6 is 0 Å². The second-order valence-electron chi connectivity index (χ2n) is 7.23. The lowest BCUT2D eigenvalue weighted by Crippen LogP contribution is -2.61. The van der Waals surface area contributed by atoms with E-state index in [0.29, 0.717) is 24.7 Å². The molecule has 3 saturated carbocycles. The zero-order valence-corrected chi connectivity index (χ0v) is 12.6. The lowest BCUT2D eigenvalue weighted by Gasteiger charge is -2.35. The number of rotatable bonds is 7. The zero-order valence-electron chi connectivity index (χ0n) is 12.6. The van der Waals surface area contributed by atoms with Gasteiger partial charge in [-0.1, -0.05) is 19.8 Å². The molecule has 3 fully saturated rings. The zero-order chi connectivity index (χ0) is 14.2. The normalized spacial score (nSPS) is 33.6. The minimum Gasteiger partial charge on any atom is -0.376 e. The molecule has 3 unspecified atom stereocenters. The van der Waals surface area contributed by atoms with Gasteiger partial charge in [0.05, 0.1) is 12.7 Å². The maximum Gasteiger partial charge on any atom is 0.240 e. The number of primary amides is 1. The number of carbonyl (C=O) groups is 1. The highest BCUT2D eigenvalue weighted by Gasteiger charge is 2.52. The number of hydrogen-bond donors (Lipinski definition) is 2. The Balaban J connectivity index is 1.61. The van der Waals surface area contributed by atoms with Crippen LogP contribution in [0.4, 0.5) is 0 Å². The molecule has 0 bridgehead atoms. The maximum absolute atomic E-state index is 12.1. The largest absolute Gasteiger partial charge is 0.376 e. The molecule has 3 atom stereocenters. The van der Waals surface area contributed by atoms with E-state index < -0.39 is 5.54 Å². The van der Waals surface area contributed by atoms with Crippen LogP contribution in [-0.2, 0) is 9.53 Å². The Morgan fingerprint density at radius 2 is 2.00 bits per heavy atom. The summed E-state index contributed by atoms with van der Waals surface area (Å²) >= 11 is 0. The molecule has 1 amide bonds. The van der Waals surface area contributed by atoms with Gasteiger partial charge < -0.3 is 10.5 Å². The average Bonchev–Trinajstić information content (AvgIpc) is 3.26. The lowest BCUT2D eigenvalue weighted by molar-refractivity contribution is -0.130. The first-order valence-electron chi connectivity index (χ1n) is 8.29. The van der Waals surface area contributed by atoms with Gasteiger partial charge in [0.2, 0.25) is 5.91 Å². The number of nitrogens with one attached hydrogen (secondary N) is 1. The van der Waals surface area contributed by atoms with Crippen LogP contribution in [0.3, 0.4) is 0 Å². The van der Waals surface area contributed by atoms with Gasteiger partial charge in [-0.2, -0.15) is 0 Å². The fourth-order valence-electron chi connectivity index (χ4n) is 3.57. The van der Waals surface area contributed by atoms with Crippen molar-refractivity contribution < 1.29 is 9.53 Å². The molecule has 0 radical (unpaired) electrons. The molecule has 0 aliphatic heterocycles. The van der Waals surface area contributed by atoms with E-state index >= 15 is 0 Å². The van der Waals surface area contributed by atoms with Crippen LogP contribution in [0, 0.1) is 11.8 Å². The first-order chi connectivity index (χ1) is 9.60. The maximum atomic E-state index is 12.1. The molecule has 4 nitrogen and oxygen atoms in total. The van der Waals surface area contributed by atoms with Gasteiger partial charge in [-0.3, -0.25) is 10.1 Å². The van der Waals surface area contributed by atoms with Crippen LogP contribution in [0.2, 0.25) is 0 Å². The van der Waals surface area contributed by atoms with Crippen LogP contribution in [-0.4, -0.2) is 30.2 Å². The van der Waals surface area contributed by atoms with Gasteiger partial charge in [0.15, 0.2) is 0 Å². The Bertz CT molecular complexity index is 365. The summed E-state index contributed by atoms with van der Waals surface area (Å²) in [5, 5.41) is 3.52. The Kier molecular flexibility index (Phi) is 4.04. The highest BCUT2D eigenvalue weighted by Crippen LogP contribution is 2.42. The summed E-state index contributed by atoms with van der Waals surface area (Å²) in [5.41, 5.74) is 5.15. The summed E-state index contributed by atoms with van der Waals surface area (Å²) in [7, 11) is 0. The molecule has 3 aliphatic carbocycles. The highest BCUT2D eigenvalue weighted by molar-refractivity contribution is 5.86. The molecule has 0 saturated heterocycles. The highest BCUT2D eigenvalue weighted by atomic mass is 16.5. The van der Waals surface area contributed by atoms with E-state index in [1.807, 2.05) is 0 Å². The fourth-order valence-corrected chi connectivity index (χ4v) is 3.57. The SMILES string of the molecule is CC1CCCC(OCC(NC2CC2)(C(N)=O)C2CC2)C1. The summed E-state index contributed by atoms with van der Waals surface area (Å²) < 4.78 is 6.15. The van der Waals surface area contributed by atoms with Gasteiger partial charge in [0.1, 0.15) is 5.54 Å². The molecule has 0 heterocycles. The molecular formula is C16H28N2O2. The minimum atomic E-state index is -0.595. The van der Waals surface area contributed by atoms with Crippen molar-refractivity contribution in [2.24, 2.45) is 17.6 Å². The van der Waals surface area contributed by atoms with Crippen LogP contribution < -0.4 is 11.1 Å². The third-order valence-corrected chi connectivity index (χ3v) is 5.19. The Morgan fingerprint density at radius 1 is 1.25 bits per heavy atom. The lowest BCUT2D eigenvalue weighted by atomic mass is 9.88. The van der Waals surface area contributed by atoms with Gasteiger partial charge >= 0.3 is 0 Å². The third-order valence-electron chi connectivity index (χ3n) is 5.19. The molecule has 114 valence electrons. The van der Waals surface area contributed by atoms with E-state index in [1.165, 1.54) is 25.7 Å². The second kappa shape index (κ2) is 5.64. The van der Waals surface area contributed by atoms with Gasteiger partial charge in [0, 0.05) is 6.04 Å². The van der Waals surface area contributed by atoms with E-state index in [2.05, 4.69) is 12.2 Å². The van der Waals surface area contributed by atoms with Crippen molar-refractivity contribution in [3.8, 4) is 0 Å². The van der Waals surface area contributed by atoms with Gasteiger partial charge in [-0.25, -0.2) is 0 Å². The quantitative estimate of drug-likeness (QED) is 0.749. The van der Waals surface area contributed by atoms with Crippen molar-refractivity contribution in [2.75, 3.05) is 6.61 Å². The standard InChI is InChI=1S/C16H28N2O2/c1-11-3-2-4-14(9-11)20-10-16(15(17)19,12-5-6-12)18-13-7-8-13/h11-14,18H,2-10H2,1H3,(H2,17,19). The van der Waals surface area contributed by atoms with Crippen molar-refractivity contribution in [1.29, 1.82) is 0 Å². The molecular weight excluding hydrogens is 252 g/mol. The molecule has 3 rings (SSSR count). The van der Waals surface area contributed by atoms with Crippen LogP contribution in [0.5, 0.6) is 0 Å². The average molecular weight is 280 g/mol. The molecule has 4 heteroatoms. The van der Waals surface area contributed by atoms with Crippen molar-refractivity contribution in [1.82, 2.24) is 5.32 Å². The van der Waals surface area contributed by atoms with E-state index in [1.54, 1.807) is 0 Å². The minimum absolute atomic E-state index is 0.212. The van der Waals surface area contributed by atoms with E-state index in [0.717, 1.165) is 31.6 Å². The molecule has 0 aromatic heterocycles. The van der Waals surface area contributed by atoms with Crippen molar-refractivity contribution in [3.63, 3.8) is 0 Å². The smallest absolute Gasteiger partial charge is 0.240 e. The summed E-state index contributed by atoms with van der Waals surface area (Å²) in [6, 6.07) is 0.483. The van der Waals surface area contributed by atoms with E-state index in [-0.39, 0.29) is 5.91 Å². The predicted octanol–water partition coefficient (Wildman–Crippen LogP) is 1.97. The van der Waals surface area contributed by atoms with Crippen molar-refractivity contribution in [2.45, 2.75) is 76.0 Å². The summed E-state index contributed by atoms with van der Waals surface area (Å²) in [5.74, 6) is 0.923. The van der Waals surface area contributed by atoms with Crippen LogP contribution in [0.25, 0.3) is 0 Å². The first-order valence-corrected chi connectivity index (χ1v) is 8.29. The number of amides is 1. The topological polar surface area (TPSA) is 64.3 Å². The molecule has 0 aromatic rings. The van der Waals surface area contributed by atoms with Crippen LogP contribution in [0.1, 0.15) is 58.3 Å². The summed E-state index contributed by atoms with van der Waals surface area (Å²) in [6.07, 6.45) is 9.68. The molecule has 3 aliphatic rings. The number of ether oxygens (including phenoxy) is 1. The Morgan fingerprint density at radius 3 is 2.55 bits per heavy atom. The van der Waals surface area contributed by atoms with Crippen LogP contribution in [0.15, 0.2) is 0 Å². The Hall–Kier alpha value is -0.610. The summed E-state index contributed by atoms with van der Waals surface area (Å²) in [4.78, 5) is 12.1. The second-order valence-corrected chi connectivity index (χ2v) is 7.23. The Labute approximate surface area is 121 Å². The van der Waals surface area contributed by atoms with E-state index in [4.69, 9.17) is 10.5 Å². The van der Waals surface area contributed by atoms with Crippen molar-refractivity contribution in [3.05, 3.63) is 0 Å². The molecule has 0 aromatic carbocycles. The molecule has 20 heavy (non-hydrogen) atoms. The van der Waals surface area contributed by atoms with Gasteiger partial charge in [-0.05, 0) is 50.4 Å². The number of carbonyl (C=O) groups excluding carboxylic acids is 1. The first kappa shape index (κ1) is 14.3. The summed E-state index contributed by atoms with van der Waals surface area (Å²) in [6.45, 7) is 2.76. The third kappa shape index (κ3) is 3.17. The fraction of sp³-hybridized carbons (Fsp3) is 0.938. The monoisotopic (exact) mass is 280 g/mol. The van der Waals surface area contributed by atoms with Crippen molar-refractivity contribution >= 4 is 5.91 Å².